The Morgan fingerprint density at radius 1 is 0.707 bits per heavy atom. The third kappa shape index (κ3) is 10.7. The zero-order valence-corrected chi connectivity index (χ0v) is 28.5. The standard InChI is InChI=1S/C18H34O5Si.C12H20O5/c1-16(2,3)22-14(19)12-18(15(20)21-7)10-13(11-18)23-24(8,9)17(4,5)6;1-11(2,3)17-9(14)7-12(10(15)16-4)5-8(13)6-12/h13H,10-12H2,1-9H3;8,13H,5-7H2,1-4H3. The van der Waals surface area contributed by atoms with E-state index in [4.69, 9.17) is 18.6 Å². The van der Waals surface area contributed by atoms with Crippen LogP contribution in [0.15, 0.2) is 0 Å². The van der Waals surface area contributed by atoms with Crippen molar-refractivity contribution in [3.63, 3.8) is 0 Å². The number of hydrogen-bond acceptors (Lipinski definition) is 10. The van der Waals surface area contributed by atoms with E-state index in [-0.39, 0.29) is 48.8 Å². The third-order valence-electron chi connectivity index (χ3n) is 7.80. The highest BCUT2D eigenvalue weighted by atomic mass is 28.4. The monoisotopic (exact) mass is 602 g/mol. The van der Waals surface area contributed by atoms with E-state index in [1.807, 2.05) is 20.8 Å². The number of aliphatic hydroxyl groups is 1. The van der Waals surface area contributed by atoms with E-state index >= 15 is 0 Å². The summed E-state index contributed by atoms with van der Waals surface area (Å²) < 4.78 is 26.5. The van der Waals surface area contributed by atoms with Crippen molar-refractivity contribution < 1.29 is 47.7 Å². The molecule has 2 aliphatic rings. The van der Waals surface area contributed by atoms with Gasteiger partial charge in [0.1, 0.15) is 11.2 Å². The molecule has 0 aliphatic heterocycles. The number of carbonyl (C=O) groups is 4. The van der Waals surface area contributed by atoms with Crippen molar-refractivity contribution in [2.75, 3.05) is 14.2 Å². The van der Waals surface area contributed by atoms with Crippen LogP contribution in [0.2, 0.25) is 18.1 Å². The maximum Gasteiger partial charge on any atom is 0.312 e. The van der Waals surface area contributed by atoms with Gasteiger partial charge in [0, 0.05) is 6.10 Å². The Labute approximate surface area is 247 Å². The summed E-state index contributed by atoms with van der Waals surface area (Å²) in [5, 5.41) is 9.43. The fourth-order valence-electron chi connectivity index (χ4n) is 4.84. The lowest BCUT2D eigenvalue weighted by Gasteiger charge is -2.49. The van der Waals surface area contributed by atoms with Gasteiger partial charge in [0.15, 0.2) is 8.32 Å². The fraction of sp³-hybridized carbons (Fsp3) is 0.867. The fourth-order valence-corrected chi connectivity index (χ4v) is 6.19. The summed E-state index contributed by atoms with van der Waals surface area (Å²) in [6.45, 7) is 21.7. The number of methoxy groups -OCH3 is 2. The first-order valence-electron chi connectivity index (χ1n) is 14.3. The largest absolute Gasteiger partial charge is 0.469 e. The van der Waals surface area contributed by atoms with Crippen LogP contribution in [0.25, 0.3) is 0 Å². The van der Waals surface area contributed by atoms with Crippen LogP contribution < -0.4 is 0 Å². The Morgan fingerprint density at radius 2 is 1.05 bits per heavy atom. The van der Waals surface area contributed by atoms with Gasteiger partial charge in [-0.05, 0) is 85.4 Å². The zero-order valence-electron chi connectivity index (χ0n) is 27.5. The van der Waals surface area contributed by atoms with Gasteiger partial charge in [-0.2, -0.15) is 0 Å². The maximum absolute atomic E-state index is 12.3. The highest BCUT2D eigenvalue weighted by molar-refractivity contribution is 6.74. The van der Waals surface area contributed by atoms with Crippen molar-refractivity contribution in [2.45, 2.75) is 142 Å². The van der Waals surface area contributed by atoms with Crippen molar-refractivity contribution in [3.05, 3.63) is 0 Å². The molecule has 0 saturated heterocycles. The Morgan fingerprint density at radius 3 is 1.32 bits per heavy atom. The molecule has 0 aromatic heterocycles. The van der Waals surface area contributed by atoms with Crippen LogP contribution in [0.5, 0.6) is 0 Å². The number of esters is 4. The van der Waals surface area contributed by atoms with Gasteiger partial charge in [-0.3, -0.25) is 19.2 Å². The molecule has 0 spiro atoms. The minimum atomic E-state index is -1.89. The molecule has 1 N–H and O–H groups in total. The van der Waals surface area contributed by atoms with E-state index in [0.29, 0.717) is 12.8 Å². The molecule has 238 valence electrons. The topological polar surface area (TPSA) is 135 Å². The summed E-state index contributed by atoms with van der Waals surface area (Å²) in [6, 6.07) is 0. The van der Waals surface area contributed by atoms with Gasteiger partial charge >= 0.3 is 23.9 Å². The summed E-state index contributed by atoms with van der Waals surface area (Å²) in [4.78, 5) is 47.7. The van der Waals surface area contributed by atoms with Crippen LogP contribution in [0.1, 0.15) is 101 Å². The Hall–Kier alpha value is -1.98. The Balaban J connectivity index is 0.000000435. The van der Waals surface area contributed by atoms with Crippen molar-refractivity contribution in [1.29, 1.82) is 0 Å². The second-order valence-electron chi connectivity index (χ2n) is 15.0. The van der Waals surface area contributed by atoms with Crippen molar-refractivity contribution in [2.24, 2.45) is 10.8 Å². The summed E-state index contributed by atoms with van der Waals surface area (Å²) in [6.07, 6.45) is 1.06. The molecule has 2 fully saturated rings. The van der Waals surface area contributed by atoms with Gasteiger partial charge in [0.2, 0.25) is 0 Å². The third-order valence-corrected chi connectivity index (χ3v) is 12.3. The molecule has 0 radical (unpaired) electrons. The zero-order chi connectivity index (χ0) is 32.2. The van der Waals surface area contributed by atoms with Crippen LogP contribution in [-0.4, -0.2) is 74.9 Å². The number of carbonyl (C=O) groups excluding carboxylic acids is 4. The molecule has 0 amide bonds. The van der Waals surface area contributed by atoms with Crippen molar-refractivity contribution in [3.8, 4) is 0 Å². The lowest BCUT2D eigenvalue weighted by atomic mass is 9.64. The Kier molecular flexibility index (Phi) is 11.9. The van der Waals surface area contributed by atoms with E-state index in [1.54, 1.807) is 20.8 Å². The SMILES string of the molecule is COC(=O)C1(CC(=O)OC(C)(C)C)CC(O)C1.COC(=O)C1(CC(=O)OC(C)(C)C)CC(O[Si](C)(C)C(C)(C)C)C1. The number of rotatable bonds is 8. The van der Waals surface area contributed by atoms with Crippen LogP contribution in [0, 0.1) is 10.8 Å². The lowest BCUT2D eigenvalue weighted by molar-refractivity contribution is -0.178. The first-order chi connectivity index (χ1) is 18.3. The quantitative estimate of drug-likeness (QED) is 0.227. The number of aliphatic hydroxyl groups excluding tert-OH is 1. The van der Waals surface area contributed by atoms with E-state index in [1.165, 1.54) is 14.2 Å². The molecule has 0 heterocycles. The normalized spacial score (nSPS) is 26.3. The second-order valence-corrected chi connectivity index (χ2v) is 19.8. The minimum Gasteiger partial charge on any atom is -0.469 e. The van der Waals surface area contributed by atoms with Gasteiger partial charge in [0.25, 0.3) is 0 Å². The summed E-state index contributed by atoms with van der Waals surface area (Å²) in [7, 11) is 0.752. The summed E-state index contributed by atoms with van der Waals surface area (Å²) >= 11 is 0. The van der Waals surface area contributed by atoms with Crippen molar-refractivity contribution in [1.82, 2.24) is 0 Å². The van der Waals surface area contributed by atoms with E-state index in [2.05, 4.69) is 38.6 Å². The molecule has 0 bridgehead atoms. The first-order valence-corrected chi connectivity index (χ1v) is 17.2. The molecule has 0 atom stereocenters. The first kappa shape index (κ1) is 37.0. The molecule has 0 unspecified atom stereocenters. The predicted molar refractivity (Wildman–Crippen MR) is 156 cm³/mol. The average Bonchev–Trinajstić information content (AvgIpc) is 2.71. The van der Waals surface area contributed by atoms with Gasteiger partial charge in [0.05, 0.1) is 44.0 Å². The van der Waals surface area contributed by atoms with Crippen LogP contribution in [-0.2, 0) is 42.6 Å². The summed E-state index contributed by atoms with van der Waals surface area (Å²) in [5.41, 5.74) is -2.83. The van der Waals surface area contributed by atoms with E-state index in [0.717, 1.165) is 0 Å². The second kappa shape index (κ2) is 13.1. The molecule has 10 nitrogen and oxygen atoms in total. The predicted octanol–water partition coefficient (Wildman–Crippen LogP) is 5.09. The lowest BCUT2D eigenvalue weighted by Crippen LogP contribution is -2.55. The van der Waals surface area contributed by atoms with Gasteiger partial charge in [-0.25, -0.2) is 0 Å². The van der Waals surface area contributed by atoms with Crippen molar-refractivity contribution >= 4 is 32.2 Å². The molecular weight excluding hydrogens is 548 g/mol. The molecular formula is C30H54O10Si. The van der Waals surface area contributed by atoms with Crippen LogP contribution in [0.3, 0.4) is 0 Å². The minimum absolute atomic E-state index is 0.00688. The Bertz CT molecular complexity index is 940. The molecule has 41 heavy (non-hydrogen) atoms. The van der Waals surface area contributed by atoms with E-state index in [9.17, 15) is 24.3 Å². The van der Waals surface area contributed by atoms with E-state index < -0.39 is 48.4 Å². The van der Waals surface area contributed by atoms with Gasteiger partial charge in [-0.15, -0.1) is 0 Å². The summed E-state index contributed by atoms with van der Waals surface area (Å²) in [5.74, 6) is -1.59. The molecule has 0 aromatic carbocycles. The number of ether oxygens (including phenoxy) is 4. The highest BCUT2D eigenvalue weighted by Crippen LogP contribution is 2.50. The number of hydrogen-bond donors (Lipinski definition) is 1. The molecule has 2 aliphatic carbocycles. The smallest absolute Gasteiger partial charge is 0.312 e. The maximum atomic E-state index is 12.3. The highest BCUT2D eigenvalue weighted by Gasteiger charge is 2.56. The molecule has 2 saturated carbocycles. The molecule has 11 heteroatoms. The van der Waals surface area contributed by atoms with Crippen LogP contribution in [0.4, 0.5) is 0 Å². The van der Waals surface area contributed by atoms with Crippen LogP contribution >= 0.6 is 0 Å². The van der Waals surface area contributed by atoms with Gasteiger partial charge in [-0.1, -0.05) is 20.8 Å². The average molecular weight is 603 g/mol. The molecule has 2 rings (SSSR count). The molecule has 0 aromatic rings. The van der Waals surface area contributed by atoms with Gasteiger partial charge < -0.3 is 28.5 Å².